The Morgan fingerprint density at radius 3 is 1.73 bits per heavy atom. The van der Waals surface area contributed by atoms with Crippen LogP contribution in [0.2, 0.25) is 0 Å². The van der Waals surface area contributed by atoms with Crippen LogP contribution in [-0.2, 0) is 0 Å². The van der Waals surface area contributed by atoms with Gasteiger partial charge in [0.25, 0.3) is 0 Å². The second-order valence-corrected chi connectivity index (χ2v) is 6.22. The van der Waals surface area contributed by atoms with Crippen LogP contribution < -0.4 is 0 Å². The molecule has 1 heterocycles. The number of piperidine rings is 1. The molecule has 0 unspecified atom stereocenters. The molecular formula is C14H25N. The van der Waals surface area contributed by atoms with Gasteiger partial charge in [-0.25, -0.2) is 0 Å². The maximum Gasteiger partial charge on any atom is 0.0125 e. The Hall–Kier alpha value is -0.300. The monoisotopic (exact) mass is 207 g/mol. The van der Waals surface area contributed by atoms with Crippen molar-refractivity contribution in [1.82, 2.24) is 4.90 Å². The number of rotatable bonds is 2. The summed E-state index contributed by atoms with van der Waals surface area (Å²) in [6.07, 6.45) is 10.6. The third-order valence-electron chi connectivity index (χ3n) is 3.77. The number of allylic oxidation sites excluding steroid dienone is 2. The average Bonchev–Trinajstić information content (AvgIpc) is 2.97. The highest BCUT2D eigenvalue weighted by Gasteiger charge is 2.26. The second kappa shape index (κ2) is 4.29. The SMILES string of the molecule is CC(C)(C)N1CCC(C=CC2CC2)CC1. The summed E-state index contributed by atoms with van der Waals surface area (Å²) in [5.41, 5.74) is 0.366. The third-order valence-corrected chi connectivity index (χ3v) is 3.77. The van der Waals surface area contributed by atoms with Crippen LogP contribution in [0.25, 0.3) is 0 Å². The fraction of sp³-hybridized carbons (Fsp3) is 0.857. The van der Waals surface area contributed by atoms with Gasteiger partial charge >= 0.3 is 0 Å². The van der Waals surface area contributed by atoms with Gasteiger partial charge in [0.1, 0.15) is 0 Å². The summed E-state index contributed by atoms with van der Waals surface area (Å²) in [5.74, 6) is 1.81. The van der Waals surface area contributed by atoms with Gasteiger partial charge in [-0.15, -0.1) is 0 Å². The van der Waals surface area contributed by atoms with Gasteiger partial charge in [-0.2, -0.15) is 0 Å². The lowest BCUT2D eigenvalue weighted by Crippen LogP contribution is -2.45. The van der Waals surface area contributed by atoms with Gasteiger partial charge in [-0.1, -0.05) is 12.2 Å². The zero-order valence-corrected chi connectivity index (χ0v) is 10.5. The van der Waals surface area contributed by atoms with Crippen LogP contribution in [0, 0.1) is 11.8 Å². The highest BCUT2D eigenvalue weighted by Crippen LogP contribution is 2.32. The Morgan fingerprint density at radius 1 is 0.867 bits per heavy atom. The summed E-state index contributed by atoms with van der Waals surface area (Å²) in [5, 5.41) is 0. The Labute approximate surface area is 94.5 Å². The first-order valence-electron chi connectivity index (χ1n) is 6.49. The van der Waals surface area contributed by atoms with E-state index in [0.29, 0.717) is 5.54 Å². The fourth-order valence-electron chi connectivity index (χ4n) is 2.37. The summed E-state index contributed by atoms with van der Waals surface area (Å²) in [6.45, 7) is 9.54. The molecule has 1 saturated carbocycles. The molecule has 15 heavy (non-hydrogen) atoms. The molecule has 0 radical (unpaired) electrons. The van der Waals surface area contributed by atoms with E-state index in [-0.39, 0.29) is 0 Å². The van der Waals surface area contributed by atoms with Crippen molar-refractivity contribution in [2.45, 2.75) is 52.0 Å². The van der Waals surface area contributed by atoms with Gasteiger partial charge in [0.2, 0.25) is 0 Å². The molecule has 1 aliphatic heterocycles. The van der Waals surface area contributed by atoms with Gasteiger partial charge in [0.05, 0.1) is 0 Å². The number of hydrogen-bond acceptors (Lipinski definition) is 1. The maximum absolute atomic E-state index is 2.62. The molecule has 1 saturated heterocycles. The normalized spacial score (nSPS) is 26.3. The minimum atomic E-state index is 0.366. The molecule has 0 atom stereocenters. The molecule has 0 spiro atoms. The molecule has 0 aromatic rings. The highest BCUT2D eigenvalue weighted by atomic mass is 15.2. The van der Waals surface area contributed by atoms with Crippen LogP contribution >= 0.6 is 0 Å². The van der Waals surface area contributed by atoms with Crippen LogP contribution in [0.4, 0.5) is 0 Å². The maximum atomic E-state index is 2.62. The topological polar surface area (TPSA) is 3.24 Å². The molecular weight excluding hydrogens is 182 g/mol. The van der Waals surface area contributed by atoms with Crippen molar-refractivity contribution in [3.8, 4) is 0 Å². The van der Waals surface area contributed by atoms with Gasteiger partial charge in [0, 0.05) is 5.54 Å². The molecule has 0 amide bonds. The zero-order valence-electron chi connectivity index (χ0n) is 10.5. The number of nitrogens with zero attached hydrogens (tertiary/aromatic N) is 1. The molecule has 0 N–H and O–H groups in total. The molecule has 0 bridgehead atoms. The molecule has 2 aliphatic rings. The Balaban J connectivity index is 1.76. The van der Waals surface area contributed by atoms with E-state index in [1.165, 1.54) is 38.8 Å². The first-order valence-corrected chi connectivity index (χ1v) is 6.49. The molecule has 0 aromatic carbocycles. The van der Waals surface area contributed by atoms with E-state index in [2.05, 4.69) is 37.8 Å². The van der Waals surface area contributed by atoms with E-state index in [4.69, 9.17) is 0 Å². The van der Waals surface area contributed by atoms with Crippen molar-refractivity contribution >= 4 is 0 Å². The summed E-state index contributed by atoms with van der Waals surface area (Å²) < 4.78 is 0. The lowest BCUT2D eigenvalue weighted by Gasteiger charge is -2.40. The van der Waals surface area contributed by atoms with Crippen LogP contribution in [0.3, 0.4) is 0 Å². The zero-order chi connectivity index (χ0) is 10.9. The van der Waals surface area contributed by atoms with Crippen molar-refractivity contribution in [2.24, 2.45) is 11.8 Å². The van der Waals surface area contributed by atoms with Crippen molar-refractivity contribution in [2.75, 3.05) is 13.1 Å². The Bertz CT molecular complexity index is 224. The first-order chi connectivity index (χ1) is 7.05. The standard InChI is InChI=1S/C14H25N/c1-14(2,3)15-10-8-13(9-11-15)7-6-12-4-5-12/h6-7,12-13H,4-5,8-11H2,1-3H3. The predicted octanol–water partition coefficient (Wildman–Crippen LogP) is 3.46. The smallest absolute Gasteiger partial charge is 0.0125 e. The summed E-state index contributed by atoms with van der Waals surface area (Å²) in [4.78, 5) is 2.62. The molecule has 2 fully saturated rings. The number of likely N-dealkylation sites (tertiary alicyclic amines) is 1. The first kappa shape index (κ1) is 11.2. The van der Waals surface area contributed by atoms with Crippen LogP contribution in [0.5, 0.6) is 0 Å². The van der Waals surface area contributed by atoms with E-state index in [0.717, 1.165) is 11.8 Å². The summed E-state index contributed by atoms with van der Waals surface area (Å²) in [7, 11) is 0. The fourth-order valence-corrected chi connectivity index (χ4v) is 2.37. The van der Waals surface area contributed by atoms with E-state index in [9.17, 15) is 0 Å². The van der Waals surface area contributed by atoms with Crippen molar-refractivity contribution in [1.29, 1.82) is 0 Å². The Kier molecular flexibility index (Phi) is 3.20. The minimum absolute atomic E-state index is 0.366. The summed E-state index contributed by atoms with van der Waals surface area (Å²) in [6, 6.07) is 0. The van der Waals surface area contributed by atoms with Gasteiger partial charge in [-0.05, 0) is 71.4 Å². The summed E-state index contributed by atoms with van der Waals surface area (Å²) >= 11 is 0. The van der Waals surface area contributed by atoms with Crippen molar-refractivity contribution in [3.05, 3.63) is 12.2 Å². The quantitative estimate of drug-likeness (QED) is 0.627. The lowest BCUT2D eigenvalue weighted by molar-refractivity contribution is 0.0970. The minimum Gasteiger partial charge on any atom is -0.298 e. The Morgan fingerprint density at radius 2 is 1.33 bits per heavy atom. The van der Waals surface area contributed by atoms with Crippen LogP contribution in [0.15, 0.2) is 12.2 Å². The largest absolute Gasteiger partial charge is 0.298 e. The molecule has 1 nitrogen and oxygen atoms in total. The van der Waals surface area contributed by atoms with Crippen molar-refractivity contribution < 1.29 is 0 Å². The van der Waals surface area contributed by atoms with Gasteiger partial charge in [-0.3, -0.25) is 4.90 Å². The number of hydrogen-bond donors (Lipinski definition) is 0. The van der Waals surface area contributed by atoms with E-state index < -0.39 is 0 Å². The van der Waals surface area contributed by atoms with E-state index in [1.807, 2.05) is 0 Å². The van der Waals surface area contributed by atoms with Gasteiger partial charge in [0.15, 0.2) is 0 Å². The lowest BCUT2D eigenvalue weighted by atomic mass is 9.92. The third kappa shape index (κ3) is 3.34. The van der Waals surface area contributed by atoms with E-state index >= 15 is 0 Å². The van der Waals surface area contributed by atoms with Crippen molar-refractivity contribution in [3.63, 3.8) is 0 Å². The molecule has 0 aromatic heterocycles. The second-order valence-electron chi connectivity index (χ2n) is 6.22. The highest BCUT2D eigenvalue weighted by molar-refractivity contribution is 5.00. The molecule has 1 aliphatic carbocycles. The molecule has 86 valence electrons. The molecule has 1 heteroatoms. The average molecular weight is 207 g/mol. The molecule has 2 rings (SSSR count). The predicted molar refractivity (Wildman–Crippen MR) is 65.9 cm³/mol. The van der Waals surface area contributed by atoms with Gasteiger partial charge < -0.3 is 0 Å². The van der Waals surface area contributed by atoms with Crippen LogP contribution in [0.1, 0.15) is 46.5 Å². The van der Waals surface area contributed by atoms with E-state index in [1.54, 1.807) is 0 Å². The van der Waals surface area contributed by atoms with Crippen LogP contribution in [-0.4, -0.2) is 23.5 Å².